The average molecular weight is 293 g/mol. The fourth-order valence-corrected chi connectivity index (χ4v) is 2.00. The van der Waals surface area contributed by atoms with Crippen molar-refractivity contribution in [3.8, 4) is 0 Å². The van der Waals surface area contributed by atoms with Gasteiger partial charge in [0, 0.05) is 20.1 Å². The number of carbonyl (C=O) groups is 1. The SMILES string of the molecule is COCC(O)CNC(=O)CCc1ccc(C(C)(C)C)cc1. The Balaban J connectivity index is 2.36. The Morgan fingerprint density at radius 1 is 1.29 bits per heavy atom. The normalized spacial score (nSPS) is 13.0. The van der Waals surface area contributed by atoms with Crippen molar-refractivity contribution in [1.29, 1.82) is 0 Å². The zero-order valence-corrected chi connectivity index (χ0v) is 13.5. The van der Waals surface area contributed by atoms with Gasteiger partial charge < -0.3 is 15.2 Å². The van der Waals surface area contributed by atoms with Crippen LogP contribution < -0.4 is 5.32 Å². The second-order valence-electron chi connectivity index (χ2n) is 6.36. The van der Waals surface area contributed by atoms with Crippen molar-refractivity contribution in [1.82, 2.24) is 5.32 Å². The summed E-state index contributed by atoms with van der Waals surface area (Å²) in [6.07, 6.45) is 0.482. The van der Waals surface area contributed by atoms with E-state index in [0.29, 0.717) is 12.8 Å². The van der Waals surface area contributed by atoms with Gasteiger partial charge >= 0.3 is 0 Å². The molecule has 4 nitrogen and oxygen atoms in total. The quantitative estimate of drug-likeness (QED) is 0.809. The van der Waals surface area contributed by atoms with Gasteiger partial charge in [-0.05, 0) is 23.0 Å². The smallest absolute Gasteiger partial charge is 0.220 e. The van der Waals surface area contributed by atoms with Crippen molar-refractivity contribution in [2.45, 2.75) is 45.1 Å². The van der Waals surface area contributed by atoms with Gasteiger partial charge in [0.25, 0.3) is 0 Å². The molecule has 0 fully saturated rings. The molecule has 0 aliphatic heterocycles. The molecule has 118 valence electrons. The van der Waals surface area contributed by atoms with Crippen molar-refractivity contribution in [3.05, 3.63) is 35.4 Å². The van der Waals surface area contributed by atoms with Crippen LogP contribution in [0.2, 0.25) is 0 Å². The van der Waals surface area contributed by atoms with Crippen LogP contribution in [0, 0.1) is 0 Å². The first-order valence-corrected chi connectivity index (χ1v) is 7.36. The summed E-state index contributed by atoms with van der Waals surface area (Å²) in [5.41, 5.74) is 2.59. The summed E-state index contributed by atoms with van der Waals surface area (Å²) in [7, 11) is 1.52. The predicted octanol–water partition coefficient (Wildman–Crippen LogP) is 2.04. The van der Waals surface area contributed by atoms with E-state index in [1.165, 1.54) is 12.7 Å². The highest BCUT2D eigenvalue weighted by molar-refractivity contribution is 5.76. The lowest BCUT2D eigenvalue weighted by atomic mass is 9.86. The molecule has 0 saturated carbocycles. The summed E-state index contributed by atoms with van der Waals surface area (Å²) in [6, 6.07) is 8.40. The first kappa shape index (κ1) is 17.7. The third-order valence-corrected chi connectivity index (χ3v) is 3.35. The fourth-order valence-electron chi connectivity index (χ4n) is 2.00. The molecule has 0 heterocycles. The number of carbonyl (C=O) groups excluding carboxylic acids is 1. The zero-order valence-electron chi connectivity index (χ0n) is 13.5. The van der Waals surface area contributed by atoms with Gasteiger partial charge in [-0.1, -0.05) is 45.0 Å². The Hall–Kier alpha value is -1.39. The number of aliphatic hydroxyl groups excluding tert-OH is 1. The van der Waals surface area contributed by atoms with E-state index in [-0.39, 0.29) is 24.5 Å². The van der Waals surface area contributed by atoms with Crippen LogP contribution in [0.4, 0.5) is 0 Å². The Kier molecular flexibility index (Phi) is 6.85. The van der Waals surface area contributed by atoms with Crippen molar-refractivity contribution in [2.75, 3.05) is 20.3 Å². The standard InChI is InChI=1S/C17H27NO3/c1-17(2,3)14-8-5-13(6-9-14)7-10-16(20)18-11-15(19)12-21-4/h5-6,8-9,15,19H,7,10-12H2,1-4H3,(H,18,20). The van der Waals surface area contributed by atoms with E-state index in [0.717, 1.165) is 5.56 Å². The molecular formula is C17H27NO3. The molecule has 0 bridgehead atoms. The fraction of sp³-hybridized carbons (Fsp3) is 0.588. The third kappa shape index (κ3) is 6.74. The molecule has 1 unspecified atom stereocenters. The molecule has 1 atom stereocenters. The minimum Gasteiger partial charge on any atom is -0.389 e. The maximum Gasteiger partial charge on any atom is 0.220 e. The van der Waals surface area contributed by atoms with Gasteiger partial charge in [0.1, 0.15) is 0 Å². The summed E-state index contributed by atoms with van der Waals surface area (Å²) in [5, 5.41) is 12.2. The van der Waals surface area contributed by atoms with Crippen LogP contribution >= 0.6 is 0 Å². The Labute approximate surface area is 127 Å². The van der Waals surface area contributed by atoms with Gasteiger partial charge in [0.05, 0.1) is 12.7 Å². The van der Waals surface area contributed by atoms with Crippen molar-refractivity contribution < 1.29 is 14.6 Å². The molecule has 0 saturated heterocycles. The predicted molar refractivity (Wildman–Crippen MR) is 84.4 cm³/mol. The lowest BCUT2D eigenvalue weighted by molar-refractivity contribution is -0.121. The number of methoxy groups -OCH3 is 1. The highest BCUT2D eigenvalue weighted by Gasteiger charge is 2.13. The second-order valence-corrected chi connectivity index (χ2v) is 6.36. The van der Waals surface area contributed by atoms with Crippen LogP contribution in [0.5, 0.6) is 0 Å². The molecule has 21 heavy (non-hydrogen) atoms. The summed E-state index contributed by atoms with van der Waals surface area (Å²) >= 11 is 0. The Morgan fingerprint density at radius 3 is 2.43 bits per heavy atom. The van der Waals surface area contributed by atoms with Gasteiger partial charge in [-0.3, -0.25) is 4.79 Å². The van der Waals surface area contributed by atoms with Crippen LogP contribution in [0.3, 0.4) is 0 Å². The number of rotatable bonds is 7. The van der Waals surface area contributed by atoms with E-state index >= 15 is 0 Å². The summed E-state index contributed by atoms with van der Waals surface area (Å²) < 4.78 is 4.80. The lowest BCUT2D eigenvalue weighted by Crippen LogP contribution is -2.34. The summed E-state index contributed by atoms with van der Waals surface area (Å²) in [5.74, 6) is -0.0509. The molecule has 0 spiro atoms. The van der Waals surface area contributed by atoms with Gasteiger partial charge in [-0.25, -0.2) is 0 Å². The van der Waals surface area contributed by atoms with Crippen molar-refractivity contribution >= 4 is 5.91 Å². The Bertz CT molecular complexity index is 434. The number of ether oxygens (including phenoxy) is 1. The molecule has 0 radical (unpaired) electrons. The van der Waals surface area contributed by atoms with E-state index in [4.69, 9.17) is 4.74 Å². The number of aliphatic hydroxyl groups is 1. The minimum absolute atomic E-state index is 0.0509. The summed E-state index contributed by atoms with van der Waals surface area (Å²) in [4.78, 5) is 11.7. The molecule has 2 N–H and O–H groups in total. The molecule has 1 amide bonds. The number of aryl methyl sites for hydroxylation is 1. The maximum absolute atomic E-state index is 11.7. The van der Waals surface area contributed by atoms with Crippen LogP contribution in [0.1, 0.15) is 38.3 Å². The van der Waals surface area contributed by atoms with Gasteiger partial charge in [0.2, 0.25) is 5.91 Å². The lowest BCUT2D eigenvalue weighted by Gasteiger charge is -2.19. The minimum atomic E-state index is -0.648. The molecule has 0 aromatic heterocycles. The highest BCUT2D eigenvalue weighted by atomic mass is 16.5. The number of hydrogen-bond donors (Lipinski definition) is 2. The highest BCUT2D eigenvalue weighted by Crippen LogP contribution is 2.22. The number of amides is 1. The third-order valence-electron chi connectivity index (χ3n) is 3.35. The van der Waals surface area contributed by atoms with E-state index in [1.807, 2.05) is 0 Å². The van der Waals surface area contributed by atoms with E-state index in [9.17, 15) is 9.90 Å². The van der Waals surface area contributed by atoms with Crippen LogP contribution in [0.15, 0.2) is 24.3 Å². The van der Waals surface area contributed by atoms with Crippen molar-refractivity contribution in [3.63, 3.8) is 0 Å². The van der Waals surface area contributed by atoms with Crippen LogP contribution in [-0.2, 0) is 21.4 Å². The monoisotopic (exact) mass is 293 g/mol. The molecule has 0 aliphatic carbocycles. The molecule has 1 aromatic carbocycles. The number of nitrogens with one attached hydrogen (secondary N) is 1. The first-order chi connectivity index (χ1) is 9.82. The number of hydrogen-bond acceptors (Lipinski definition) is 3. The average Bonchev–Trinajstić information content (AvgIpc) is 2.43. The molecule has 0 aliphatic rings. The topological polar surface area (TPSA) is 58.6 Å². The van der Waals surface area contributed by atoms with Gasteiger partial charge in [-0.2, -0.15) is 0 Å². The molecule has 4 heteroatoms. The van der Waals surface area contributed by atoms with E-state index in [1.54, 1.807) is 0 Å². The largest absolute Gasteiger partial charge is 0.389 e. The summed E-state index contributed by atoms with van der Waals surface area (Å²) in [6.45, 7) is 7.01. The number of benzene rings is 1. The molecular weight excluding hydrogens is 266 g/mol. The van der Waals surface area contributed by atoms with Gasteiger partial charge in [-0.15, -0.1) is 0 Å². The maximum atomic E-state index is 11.7. The van der Waals surface area contributed by atoms with Crippen molar-refractivity contribution in [2.24, 2.45) is 0 Å². The second kappa shape index (κ2) is 8.15. The first-order valence-electron chi connectivity index (χ1n) is 7.36. The molecule has 1 aromatic rings. The van der Waals surface area contributed by atoms with Crippen LogP contribution in [-0.4, -0.2) is 37.4 Å². The van der Waals surface area contributed by atoms with Gasteiger partial charge in [0.15, 0.2) is 0 Å². The van der Waals surface area contributed by atoms with E-state index in [2.05, 4.69) is 50.4 Å². The Morgan fingerprint density at radius 2 is 1.90 bits per heavy atom. The molecule has 1 rings (SSSR count). The zero-order chi connectivity index (χ0) is 15.9. The van der Waals surface area contributed by atoms with E-state index < -0.39 is 6.10 Å². The van der Waals surface area contributed by atoms with Crippen LogP contribution in [0.25, 0.3) is 0 Å².